The van der Waals surface area contributed by atoms with Gasteiger partial charge in [0.2, 0.25) is 0 Å². The average molecular weight is 639 g/mol. The van der Waals surface area contributed by atoms with Crippen molar-refractivity contribution in [2.75, 3.05) is 6.61 Å². The first kappa shape index (κ1) is 33.9. The van der Waals surface area contributed by atoms with Crippen molar-refractivity contribution >= 4 is 16.7 Å². The molecule has 0 bridgehead atoms. The molecule has 4 aromatic carbocycles. The summed E-state index contributed by atoms with van der Waals surface area (Å²) in [6, 6.07) is 15.1. The molecule has 0 saturated carbocycles. The molecule has 4 rings (SSSR count). The lowest BCUT2D eigenvalue weighted by Crippen LogP contribution is -2.12. The number of alkyl halides is 6. The Labute approximate surface area is 261 Å². The lowest BCUT2D eigenvalue weighted by atomic mass is 9.82. The molecule has 0 aliphatic carbocycles. The Bertz CT molecular complexity index is 1840. The summed E-state index contributed by atoms with van der Waals surface area (Å²) < 4.78 is 94.7. The number of carbonyl (C=O) groups is 1. The number of halogens is 6. The minimum Gasteiger partial charge on any atom is -0.462 e. The highest BCUT2D eigenvalue weighted by molar-refractivity contribution is 6.05. The topological polar surface area (TPSA) is 83.1 Å². The fourth-order valence-corrected chi connectivity index (χ4v) is 4.79. The minimum absolute atomic E-state index is 0.00415. The molecule has 0 saturated heterocycles. The van der Waals surface area contributed by atoms with Crippen LogP contribution in [0.1, 0.15) is 78.7 Å². The van der Waals surface area contributed by atoms with Crippen LogP contribution in [0.5, 0.6) is 11.5 Å². The van der Waals surface area contributed by atoms with Crippen LogP contribution in [0.15, 0.2) is 60.7 Å². The zero-order valence-corrected chi connectivity index (χ0v) is 25.3. The van der Waals surface area contributed by atoms with Crippen molar-refractivity contribution in [3.05, 3.63) is 94.0 Å². The summed E-state index contributed by atoms with van der Waals surface area (Å²) in [6.45, 7) is 7.85. The van der Waals surface area contributed by atoms with Crippen LogP contribution in [0.4, 0.5) is 26.3 Å². The highest BCUT2D eigenvalue weighted by Gasteiger charge is 2.37. The van der Waals surface area contributed by atoms with Gasteiger partial charge < -0.3 is 9.47 Å². The summed E-state index contributed by atoms with van der Waals surface area (Å²) in [5.41, 5.74) is -4.30. The summed E-state index contributed by atoms with van der Waals surface area (Å²) in [7, 11) is 0. The van der Waals surface area contributed by atoms with E-state index in [1.54, 1.807) is 18.2 Å². The van der Waals surface area contributed by atoms with Crippen molar-refractivity contribution < 1.29 is 40.6 Å². The molecular weight excluding hydrogens is 610 g/mol. The lowest BCUT2D eigenvalue weighted by Gasteiger charge is -2.23. The average Bonchev–Trinajstić information content (AvgIpc) is 2.98. The molecule has 0 N–H and O–H groups in total. The fraction of sp³-hybridized carbons (Fsp3) is 0.286. The molecule has 0 spiro atoms. The Morgan fingerprint density at radius 3 is 1.91 bits per heavy atom. The van der Waals surface area contributed by atoms with E-state index in [0.717, 1.165) is 6.42 Å². The molecule has 0 amide bonds. The second-order valence-corrected chi connectivity index (χ2v) is 11.6. The molecule has 0 aliphatic rings. The summed E-state index contributed by atoms with van der Waals surface area (Å²) >= 11 is 0. The molecule has 0 unspecified atom stereocenters. The number of benzene rings is 4. The molecule has 11 heteroatoms. The smallest absolute Gasteiger partial charge is 0.416 e. The van der Waals surface area contributed by atoms with E-state index >= 15 is 0 Å². The van der Waals surface area contributed by atoms with Gasteiger partial charge in [0.1, 0.15) is 23.6 Å². The number of ether oxygens (including phenoxy) is 2. The number of esters is 1. The second-order valence-electron chi connectivity index (χ2n) is 11.6. The summed E-state index contributed by atoms with van der Waals surface area (Å²) in [5, 5.41) is 20.3. The minimum atomic E-state index is -5.15. The van der Waals surface area contributed by atoms with E-state index in [4.69, 9.17) is 9.47 Å². The third kappa shape index (κ3) is 7.26. The monoisotopic (exact) mass is 638 g/mol. The molecule has 5 nitrogen and oxygen atoms in total. The number of hydrogen-bond acceptors (Lipinski definition) is 5. The second kappa shape index (κ2) is 12.8. The van der Waals surface area contributed by atoms with Gasteiger partial charge in [0.05, 0.1) is 34.4 Å². The highest BCUT2D eigenvalue weighted by Crippen LogP contribution is 2.46. The third-order valence-electron chi connectivity index (χ3n) is 7.23. The first-order chi connectivity index (χ1) is 21.5. The highest BCUT2D eigenvalue weighted by atomic mass is 19.4. The predicted molar refractivity (Wildman–Crippen MR) is 159 cm³/mol. The molecule has 0 heterocycles. The zero-order valence-electron chi connectivity index (χ0n) is 25.3. The number of rotatable bonds is 7. The molecule has 0 atom stereocenters. The number of unbranched alkanes of at least 4 members (excludes halogenated alkanes) is 1. The Kier molecular flexibility index (Phi) is 9.39. The molecule has 46 heavy (non-hydrogen) atoms. The number of nitrogens with zero attached hydrogens (tertiary/aromatic N) is 2. The van der Waals surface area contributed by atoms with Crippen LogP contribution >= 0.6 is 0 Å². The van der Waals surface area contributed by atoms with Gasteiger partial charge in [-0.25, -0.2) is 4.79 Å². The van der Waals surface area contributed by atoms with Gasteiger partial charge in [-0.2, -0.15) is 36.9 Å². The number of hydrogen-bond donors (Lipinski definition) is 0. The molecule has 0 aromatic heterocycles. The van der Waals surface area contributed by atoms with Crippen LogP contribution in [-0.4, -0.2) is 12.6 Å². The van der Waals surface area contributed by atoms with Gasteiger partial charge in [-0.15, -0.1) is 0 Å². The van der Waals surface area contributed by atoms with Gasteiger partial charge in [-0.3, -0.25) is 0 Å². The summed E-state index contributed by atoms with van der Waals surface area (Å²) in [6.07, 6.45) is -8.76. The molecule has 238 valence electrons. The van der Waals surface area contributed by atoms with Crippen molar-refractivity contribution in [2.24, 2.45) is 0 Å². The van der Waals surface area contributed by atoms with Gasteiger partial charge in [0.15, 0.2) is 0 Å². The van der Waals surface area contributed by atoms with E-state index in [9.17, 15) is 41.7 Å². The molecule has 0 fully saturated rings. The van der Waals surface area contributed by atoms with Crippen LogP contribution < -0.4 is 4.74 Å². The maximum Gasteiger partial charge on any atom is 0.416 e. The fourth-order valence-electron chi connectivity index (χ4n) is 4.79. The van der Waals surface area contributed by atoms with Crippen molar-refractivity contribution in [1.82, 2.24) is 0 Å². The summed E-state index contributed by atoms with van der Waals surface area (Å²) in [4.78, 5) is 12.4. The molecule has 0 radical (unpaired) electrons. The largest absolute Gasteiger partial charge is 0.462 e. The van der Waals surface area contributed by atoms with Crippen LogP contribution in [-0.2, 0) is 22.5 Å². The maximum atomic E-state index is 13.9. The van der Waals surface area contributed by atoms with Crippen molar-refractivity contribution in [3.8, 4) is 34.8 Å². The molecule has 0 aliphatic heterocycles. The first-order valence-corrected chi connectivity index (χ1v) is 14.2. The molecular formula is C35H28F6N2O3. The Hall–Kier alpha value is -5.03. The van der Waals surface area contributed by atoms with E-state index in [-0.39, 0.29) is 51.6 Å². The van der Waals surface area contributed by atoms with Crippen molar-refractivity contribution in [1.29, 1.82) is 10.5 Å². The van der Waals surface area contributed by atoms with Gasteiger partial charge >= 0.3 is 18.3 Å². The van der Waals surface area contributed by atoms with Crippen LogP contribution in [0.2, 0.25) is 0 Å². The quantitative estimate of drug-likeness (QED) is 0.114. The van der Waals surface area contributed by atoms with E-state index in [2.05, 4.69) is 0 Å². The predicted octanol–water partition coefficient (Wildman–Crippen LogP) is 10.3. The Balaban J connectivity index is 2.04. The van der Waals surface area contributed by atoms with Gasteiger partial charge in [-0.1, -0.05) is 40.2 Å². The summed E-state index contributed by atoms with van der Waals surface area (Å²) in [5.74, 6) is -0.343. The van der Waals surface area contributed by atoms with Gasteiger partial charge in [0, 0.05) is 10.9 Å². The molecule has 4 aromatic rings. The van der Waals surface area contributed by atoms with Crippen molar-refractivity contribution in [3.63, 3.8) is 0 Å². The Morgan fingerprint density at radius 2 is 1.41 bits per heavy atom. The standard InChI is InChI=1S/C35H28F6N2O3/c1-5-6-11-45-32(44)20-7-9-27(10-8-20)46-29-17-24(33(2,3)4)13-21-12-23(18-42)28(19-43)30(31(21)29)22-14-25(34(36,37)38)16-26(15-22)35(39,40)41/h7-10,12-17H,5-6,11H2,1-4H3. The van der Waals surface area contributed by atoms with E-state index in [1.807, 2.05) is 33.8 Å². The van der Waals surface area contributed by atoms with E-state index in [0.29, 0.717) is 24.1 Å². The van der Waals surface area contributed by atoms with E-state index < -0.39 is 46.0 Å². The zero-order chi connectivity index (χ0) is 34.0. The van der Waals surface area contributed by atoms with Crippen LogP contribution in [0.25, 0.3) is 21.9 Å². The normalized spacial score (nSPS) is 12.0. The van der Waals surface area contributed by atoms with Gasteiger partial charge in [-0.05, 0) is 82.9 Å². The first-order valence-electron chi connectivity index (χ1n) is 14.2. The lowest BCUT2D eigenvalue weighted by molar-refractivity contribution is -0.143. The number of fused-ring (bicyclic) bond motifs is 1. The van der Waals surface area contributed by atoms with Gasteiger partial charge in [0.25, 0.3) is 0 Å². The Morgan fingerprint density at radius 1 is 0.804 bits per heavy atom. The van der Waals surface area contributed by atoms with E-state index in [1.165, 1.54) is 30.3 Å². The van der Waals surface area contributed by atoms with Crippen molar-refractivity contribution in [2.45, 2.75) is 58.3 Å². The van der Waals surface area contributed by atoms with Crippen LogP contribution in [0.3, 0.4) is 0 Å². The third-order valence-corrected chi connectivity index (χ3v) is 7.23. The number of nitriles is 2. The number of carbonyl (C=O) groups excluding carboxylic acids is 1. The SMILES string of the molecule is CCCCOC(=O)c1ccc(Oc2cc(C(C)(C)C)cc3cc(C#N)c(C#N)c(-c4cc(C(F)(F)F)cc(C(F)(F)F)c4)c23)cc1. The van der Waals surface area contributed by atoms with Crippen LogP contribution in [0, 0.1) is 22.7 Å². The maximum absolute atomic E-state index is 13.9.